The highest BCUT2D eigenvalue weighted by Crippen LogP contribution is 2.46. The molecule has 0 bridgehead atoms. The van der Waals surface area contributed by atoms with Crippen molar-refractivity contribution >= 4 is 11.9 Å². The van der Waals surface area contributed by atoms with E-state index in [-0.39, 0.29) is 17.8 Å². The number of carboxylic acids is 2. The van der Waals surface area contributed by atoms with Crippen molar-refractivity contribution < 1.29 is 19.8 Å². The van der Waals surface area contributed by atoms with Crippen molar-refractivity contribution in [2.24, 2.45) is 29.1 Å². The standard InChI is InChI=1S/C13H24O4/c1-7(2)10(11(14)15)13(8(3)4,9(5)6)12(16)17/h7-10H,1-6H3,(H,14,15)(H,16,17). The van der Waals surface area contributed by atoms with E-state index in [1.54, 1.807) is 41.5 Å². The summed E-state index contributed by atoms with van der Waals surface area (Å²) >= 11 is 0. The van der Waals surface area contributed by atoms with E-state index in [2.05, 4.69) is 0 Å². The van der Waals surface area contributed by atoms with E-state index < -0.39 is 23.3 Å². The largest absolute Gasteiger partial charge is 0.481 e. The minimum atomic E-state index is -1.22. The monoisotopic (exact) mass is 244 g/mol. The zero-order valence-electron chi connectivity index (χ0n) is 11.5. The van der Waals surface area contributed by atoms with E-state index >= 15 is 0 Å². The van der Waals surface area contributed by atoms with Crippen molar-refractivity contribution in [3.8, 4) is 0 Å². The van der Waals surface area contributed by atoms with E-state index in [4.69, 9.17) is 0 Å². The molecule has 1 unspecified atom stereocenters. The number of hydrogen-bond donors (Lipinski definition) is 2. The van der Waals surface area contributed by atoms with Crippen molar-refractivity contribution in [2.45, 2.75) is 41.5 Å². The molecule has 0 aliphatic carbocycles. The van der Waals surface area contributed by atoms with Gasteiger partial charge in [-0.3, -0.25) is 9.59 Å². The Kier molecular flexibility index (Phi) is 5.17. The summed E-state index contributed by atoms with van der Waals surface area (Å²) in [5.74, 6) is -3.59. The lowest BCUT2D eigenvalue weighted by atomic mass is 9.58. The highest BCUT2D eigenvalue weighted by molar-refractivity contribution is 5.84. The first-order chi connectivity index (χ1) is 7.59. The first-order valence-corrected chi connectivity index (χ1v) is 6.06. The molecule has 4 nitrogen and oxygen atoms in total. The van der Waals surface area contributed by atoms with Gasteiger partial charge in [0.05, 0.1) is 11.3 Å². The predicted octanol–water partition coefficient (Wildman–Crippen LogP) is 2.73. The maximum atomic E-state index is 11.7. The number of carbonyl (C=O) groups is 2. The van der Waals surface area contributed by atoms with Crippen molar-refractivity contribution in [1.82, 2.24) is 0 Å². The lowest BCUT2D eigenvalue weighted by molar-refractivity contribution is -0.174. The van der Waals surface area contributed by atoms with Gasteiger partial charge in [-0.1, -0.05) is 41.5 Å². The van der Waals surface area contributed by atoms with Crippen LogP contribution in [0.1, 0.15) is 41.5 Å². The molecule has 0 fully saturated rings. The Morgan fingerprint density at radius 1 is 0.882 bits per heavy atom. The summed E-state index contributed by atoms with van der Waals surface area (Å²) in [6.07, 6.45) is 0. The van der Waals surface area contributed by atoms with Crippen LogP contribution in [0.3, 0.4) is 0 Å². The van der Waals surface area contributed by atoms with Gasteiger partial charge in [-0.2, -0.15) is 0 Å². The molecule has 0 aromatic carbocycles. The maximum Gasteiger partial charge on any atom is 0.311 e. The fraction of sp³-hybridized carbons (Fsp3) is 0.846. The van der Waals surface area contributed by atoms with E-state index in [0.29, 0.717) is 0 Å². The molecule has 0 radical (unpaired) electrons. The predicted molar refractivity (Wildman–Crippen MR) is 65.7 cm³/mol. The first-order valence-electron chi connectivity index (χ1n) is 6.06. The number of rotatable bonds is 6. The lowest BCUT2D eigenvalue weighted by Gasteiger charge is -2.43. The molecule has 1 atom stereocenters. The summed E-state index contributed by atoms with van der Waals surface area (Å²) in [7, 11) is 0. The molecule has 0 saturated carbocycles. The summed E-state index contributed by atoms with van der Waals surface area (Å²) in [6.45, 7) is 10.7. The van der Waals surface area contributed by atoms with Crippen molar-refractivity contribution in [3.05, 3.63) is 0 Å². The summed E-state index contributed by atoms with van der Waals surface area (Å²) < 4.78 is 0. The van der Waals surface area contributed by atoms with Gasteiger partial charge in [0.2, 0.25) is 0 Å². The third-order valence-corrected chi connectivity index (χ3v) is 3.73. The van der Waals surface area contributed by atoms with Crippen LogP contribution in [0.25, 0.3) is 0 Å². The summed E-state index contributed by atoms with van der Waals surface area (Å²) in [5.41, 5.74) is -1.22. The smallest absolute Gasteiger partial charge is 0.311 e. The Labute approximate surface area is 103 Å². The second kappa shape index (κ2) is 5.52. The number of carboxylic acid groups (broad SMARTS) is 2. The van der Waals surface area contributed by atoms with Crippen LogP contribution >= 0.6 is 0 Å². The Balaban J connectivity index is 5.88. The summed E-state index contributed by atoms with van der Waals surface area (Å²) in [5, 5.41) is 18.9. The molecular weight excluding hydrogens is 220 g/mol. The molecule has 17 heavy (non-hydrogen) atoms. The van der Waals surface area contributed by atoms with Crippen LogP contribution < -0.4 is 0 Å². The summed E-state index contributed by atoms with van der Waals surface area (Å²) in [4.78, 5) is 23.1. The van der Waals surface area contributed by atoms with Gasteiger partial charge in [0, 0.05) is 0 Å². The van der Waals surface area contributed by atoms with Crippen LogP contribution in [0.4, 0.5) is 0 Å². The van der Waals surface area contributed by atoms with Gasteiger partial charge in [-0.25, -0.2) is 0 Å². The molecule has 0 aliphatic rings. The van der Waals surface area contributed by atoms with E-state index in [1.165, 1.54) is 0 Å². The van der Waals surface area contributed by atoms with Crippen molar-refractivity contribution in [2.75, 3.05) is 0 Å². The van der Waals surface area contributed by atoms with E-state index in [0.717, 1.165) is 0 Å². The Hall–Kier alpha value is -1.06. The first kappa shape index (κ1) is 15.9. The molecule has 0 rings (SSSR count). The second-order valence-corrected chi connectivity index (χ2v) is 5.61. The maximum absolute atomic E-state index is 11.7. The van der Waals surface area contributed by atoms with Crippen molar-refractivity contribution in [1.29, 1.82) is 0 Å². The van der Waals surface area contributed by atoms with Gasteiger partial charge in [0.15, 0.2) is 0 Å². The molecule has 0 saturated heterocycles. The number of aliphatic carboxylic acids is 2. The highest BCUT2D eigenvalue weighted by atomic mass is 16.4. The van der Waals surface area contributed by atoms with Gasteiger partial charge < -0.3 is 10.2 Å². The second-order valence-electron chi connectivity index (χ2n) is 5.61. The Bertz CT molecular complexity index is 284. The van der Waals surface area contributed by atoms with Gasteiger partial charge in [0.1, 0.15) is 0 Å². The van der Waals surface area contributed by atoms with Crippen LogP contribution in [0.15, 0.2) is 0 Å². The van der Waals surface area contributed by atoms with E-state index in [1.807, 2.05) is 0 Å². The van der Waals surface area contributed by atoms with Crippen LogP contribution in [0, 0.1) is 29.1 Å². The molecule has 0 aromatic rings. The fourth-order valence-corrected chi connectivity index (χ4v) is 3.05. The molecule has 100 valence electrons. The molecule has 0 amide bonds. The molecule has 0 aromatic heterocycles. The molecule has 0 spiro atoms. The van der Waals surface area contributed by atoms with Crippen molar-refractivity contribution in [3.63, 3.8) is 0 Å². The summed E-state index contributed by atoms with van der Waals surface area (Å²) in [6, 6.07) is 0. The number of hydrogen-bond acceptors (Lipinski definition) is 2. The third-order valence-electron chi connectivity index (χ3n) is 3.73. The normalized spacial score (nSPS) is 14.4. The van der Waals surface area contributed by atoms with Gasteiger partial charge in [-0.15, -0.1) is 0 Å². The van der Waals surface area contributed by atoms with Gasteiger partial charge >= 0.3 is 11.9 Å². The van der Waals surface area contributed by atoms with Crippen LogP contribution in [0.2, 0.25) is 0 Å². The SMILES string of the molecule is CC(C)C(C(=O)O)C(C(=O)O)(C(C)C)C(C)C. The van der Waals surface area contributed by atoms with E-state index in [9.17, 15) is 19.8 Å². The average molecular weight is 244 g/mol. The Morgan fingerprint density at radius 2 is 1.24 bits per heavy atom. The third kappa shape index (κ3) is 2.61. The van der Waals surface area contributed by atoms with Crippen LogP contribution in [0.5, 0.6) is 0 Å². The Morgan fingerprint density at radius 3 is 1.29 bits per heavy atom. The fourth-order valence-electron chi connectivity index (χ4n) is 3.05. The van der Waals surface area contributed by atoms with Gasteiger partial charge in [-0.05, 0) is 17.8 Å². The molecule has 0 heterocycles. The molecule has 0 aliphatic heterocycles. The minimum Gasteiger partial charge on any atom is -0.481 e. The minimum absolute atomic E-state index is 0.214. The lowest BCUT2D eigenvalue weighted by Crippen LogP contribution is -2.52. The highest BCUT2D eigenvalue weighted by Gasteiger charge is 2.54. The average Bonchev–Trinajstić information content (AvgIpc) is 2.09. The topological polar surface area (TPSA) is 74.6 Å². The quantitative estimate of drug-likeness (QED) is 0.753. The zero-order chi connectivity index (χ0) is 14.0. The zero-order valence-corrected chi connectivity index (χ0v) is 11.5. The molecule has 4 heteroatoms. The molecular formula is C13H24O4. The molecule has 2 N–H and O–H groups in total. The van der Waals surface area contributed by atoms with Crippen LogP contribution in [-0.4, -0.2) is 22.2 Å². The van der Waals surface area contributed by atoms with Gasteiger partial charge in [0.25, 0.3) is 0 Å². The van der Waals surface area contributed by atoms with Crippen LogP contribution in [-0.2, 0) is 9.59 Å².